The summed E-state index contributed by atoms with van der Waals surface area (Å²) in [6.45, 7) is 1.90. The van der Waals surface area contributed by atoms with E-state index in [1.54, 1.807) is 19.1 Å². The highest BCUT2D eigenvalue weighted by atomic mass is 79.9. The number of hydrogen-bond donors (Lipinski definition) is 1. The van der Waals surface area contributed by atoms with Crippen LogP contribution < -0.4 is 10.1 Å². The third-order valence-corrected chi connectivity index (χ3v) is 4.57. The number of nitrogens with one attached hydrogen (secondary N) is 1. The highest BCUT2D eigenvalue weighted by Gasteiger charge is 2.48. The molecule has 5 nitrogen and oxygen atoms in total. The number of carbonyl (C=O) groups excluding carboxylic acids is 2. The van der Waals surface area contributed by atoms with E-state index in [9.17, 15) is 14.0 Å². The van der Waals surface area contributed by atoms with Gasteiger partial charge in [-0.3, -0.25) is 9.69 Å². The van der Waals surface area contributed by atoms with Gasteiger partial charge >= 0.3 is 6.03 Å². The monoisotopic (exact) mass is 406 g/mol. The molecule has 0 radical (unpaired) electrons. The van der Waals surface area contributed by atoms with Gasteiger partial charge in [-0.05, 0) is 48.9 Å². The molecule has 1 N–H and O–H groups in total. The van der Waals surface area contributed by atoms with E-state index in [2.05, 4.69) is 21.2 Å². The number of amides is 3. The SMILES string of the molecule is CC1(c2cccc(Br)c2)NC(=O)N(CCOc2ccc(F)cc2)C1=O. The molecule has 0 aromatic heterocycles. The summed E-state index contributed by atoms with van der Waals surface area (Å²) in [4.78, 5) is 26.1. The molecule has 25 heavy (non-hydrogen) atoms. The number of benzene rings is 2. The van der Waals surface area contributed by atoms with Crippen LogP contribution in [0.1, 0.15) is 12.5 Å². The summed E-state index contributed by atoms with van der Waals surface area (Å²) in [6, 6.07) is 12.3. The van der Waals surface area contributed by atoms with Gasteiger partial charge in [-0.15, -0.1) is 0 Å². The van der Waals surface area contributed by atoms with Crippen LogP contribution in [0.4, 0.5) is 9.18 Å². The third-order valence-electron chi connectivity index (χ3n) is 4.07. The van der Waals surface area contributed by atoms with Crippen molar-refractivity contribution in [2.75, 3.05) is 13.2 Å². The Morgan fingerprint density at radius 1 is 1.20 bits per heavy atom. The zero-order chi connectivity index (χ0) is 18.0. The fourth-order valence-corrected chi connectivity index (χ4v) is 3.08. The molecule has 130 valence electrons. The van der Waals surface area contributed by atoms with Crippen molar-refractivity contribution in [3.05, 3.63) is 64.4 Å². The lowest BCUT2D eigenvalue weighted by molar-refractivity contribution is -0.131. The van der Waals surface area contributed by atoms with Gasteiger partial charge in [-0.2, -0.15) is 0 Å². The second-order valence-electron chi connectivity index (χ2n) is 5.82. The summed E-state index contributed by atoms with van der Waals surface area (Å²) in [6.07, 6.45) is 0. The minimum atomic E-state index is -1.11. The summed E-state index contributed by atoms with van der Waals surface area (Å²) in [7, 11) is 0. The topological polar surface area (TPSA) is 58.6 Å². The predicted octanol–water partition coefficient (Wildman–Crippen LogP) is 3.43. The Hall–Kier alpha value is -2.41. The van der Waals surface area contributed by atoms with Crippen LogP contribution in [0.3, 0.4) is 0 Å². The Morgan fingerprint density at radius 3 is 2.60 bits per heavy atom. The van der Waals surface area contributed by atoms with Gasteiger partial charge in [0.2, 0.25) is 0 Å². The van der Waals surface area contributed by atoms with Crippen LogP contribution in [0.5, 0.6) is 5.75 Å². The number of nitrogens with zero attached hydrogens (tertiary/aromatic N) is 1. The lowest BCUT2D eigenvalue weighted by Crippen LogP contribution is -2.41. The van der Waals surface area contributed by atoms with Gasteiger partial charge < -0.3 is 10.1 Å². The molecule has 3 rings (SSSR count). The van der Waals surface area contributed by atoms with Crippen LogP contribution in [0.2, 0.25) is 0 Å². The van der Waals surface area contributed by atoms with Crippen LogP contribution in [0.15, 0.2) is 53.0 Å². The largest absolute Gasteiger partial charge is 0.492 e. The second-order valence-corrected chi connectivity index (χ2v) is 6.74. The molecule has 1 unspecified atom stereocenters. The molecule has 1 aliphatic heterocycles. The summed E-state index contributed by atoms with van der Waals surface area (Å²) < 4.78 is 19.2. The average Bonchev–Trinajstić information content (AvgIpc) is 2.81. The number of ether oxygens (including phenoxy) is 1. The second kappa shape index (κ2) is 6.84. The maximum absolute atomic E-state index is 12.9. The lowest BCUT2D eigenvalue weighted by Gasteiger charge is -2.22. The van der Waals surface area contributed by atoms with E-state index in [4.69, 9.17) is 4.74 Å². The van der Waals surface area contributed by atoms with E-state index < -0.39 is 11.6 Å². The van der Waals surface area contributed by atoms with Crippen molar-refractivity contribution < 1.29 is 18.7 Å². The third kappa shape index (κ3) is 3.51. The molecular weight excluding hydrogens is 391 g/mol. The number of halogens is 2. The van der Waals surface area contributed by atoms with Crippen molar-refractivity contribution in [3.8, 4) is 5.75 Å². The van der Waals surface area contributed by atoms with Gasteiger partial charge in [0.1, 0.15) is 23.7 Å². The van der Waals surface area contributed by atoms with Crippen molar-refractivity contribution in [2.24, 2.45) is 0 Å². The fourth-order valence-electron chi connectivity index (χ4n) is 2.68. The molecule has 0 bridgehead atoms. The van der Waals surface area contributed by atoms with Crippen molar-refractivity contribution in [3.63, 3.8) is 0 Å². The van der Waals surface area contributed by atoms with Crippen LogP contribution in [0.25, 0.3) is 0 Å². The van der Waals surface area contributed by atoms with Gasteiger partial charge in [-0.25, -0.2) is 9.18 Å². The number of hydrogen-bond acceptors (Lipinski definition) is 3. The Bertz CT molecular complexity index is 812. The summed E-state index contributed by atoms with van der Waals surface area (Å²) in [5.74, 6) is -0.215. The molecule has 2 aromatic rings. The fraction of sp³-hybridized carbons (Fsp3) is 0.222. The van der Waals surface area contributed by atoms with Crippen LogP contribution in [0, 0.1) is 5.82 Å². The van der Waals surface area contributed by atoms with E-state index in [0.29, 0.717) is 11.3 Å². The highest BCUT2D eigenvalue weighted by Crippen LogP contribution is 2.30. The molecule has 1 saturated heterocycles. The minimum absolute atomic E-state index is 0.103. The molecule has 0 spiro atoms. The molecular formula is C18H16BrFN2O3. The smallest absolute Gasteiger partial charge is 0.325 e. The van der Waals surface area contributed by atoms with E-state index in [1.807, 2.05) is 12.1 Å². The van der Waals surface area contributed by atoms with Crippen molar-refractivity contribution in [1.82, 2.24) is 10.2 Å². The molecule has 1 heterocycles. The quantitative estimate of drug-likeness (QED) is 0.773. The highest BCUT2D eigenvalue weighted by molar-refractivity contribution is 9.10. The van der Waals surface area contributed by atoms with E-state index in [0.717, 1.165) is 9.37 Å². The van der Waals surface area contributed by atoms with Crippen molar-refractivity contribution in [1.29, 1.82) is 0 Å². The maximum atomic E-state index is 12.9. The Morgan fingerprint density at radius 2 is 1.92 bits per heavy atom. The zero-order valence-corrected chi connectivity index (χ0v) is 15.0. The predicted molar refractivity (Wildman–Crippen MR) is 93.6 cm³/mol. The Balaban J connectivity index is 1.68. The Labute approximate surface area is 152 Å². The van der Waals surface area contributed by atoms with Gasteiger partial charge in [0, 0.05) is 4.47 Å². The number of carbonyl (C=O) groups is 2. The maximum Gasteiger partial charge on any atom is 0.325 e. The molecule has 2 aromatic carbocycles. The number of urea groups is 1. The van der Waals surface area contributed by atoms with Crippen LogP contribution >= 0.6 is 15.9 Å². The minimum Gasteiger partial charge on any atom is -0.492 e. The first kappa shape index (κ1) is 17.4. The van der Waals surface area contributed by atoms with Crippen molar-refractivity contribution >= 4 is 27.9 Å². The standard InChI is InChI=1S/C18H16BrFN2O3/c1-18(12-3-2-4-13(19)11-12)16(23)22(17(24)21-18)9-10-25-15-7-5-14(20)6-8-15/h2-8,11H,9-10H2,1H3,(H,21,24). The van der Waals surface area contributed by atoms with Crippen LogP contribution in [-0.4, -0.2) is 30.0 Å². The van der Waals surface area contributed by atoms with Gasteiger partial charge in [0.25, 0.3) is 5.91 Å². The van der Waals surface area contributed by atoms with Gasteiger partial charge in [0.15, 0.2) is 0 Å². The molecule has 7 heteroatoms. The summed E-state index contributed by atoms with van der Waals surface area (Å²) in [5.41, 5.74) is -0.418. The Kier molecular flexibility index (Phi) is 4.76. The molecule has 0 saturated carbocycles. The zero-order valence-electron chi connectivity index (χ0n) is 13.5. The molecule has 1 aliphatic rings. The summed E-state index contributed by atoms with van der Waals surface area (Å²) in [5, 5.41) is 2.74. The lowest BCUT2D eigenvalue weighted by atomic mass is 9.92. The molecule has 1 atom stereocenters. The van der Waals surface area contributed by atoms with Gasteiger partial charge in [-0.1, -0.05) is 28.1 Å². The summed E-state index contributed by atoms with van der Waals surface area (Å²) >= 11 is 3.37. The molecule has 3 amide bonds. The van der Waals surface area contributed by atoms with Gasteiger partial charge in [0.05, 0.1) is 6.54 Å². The van der Waals surface area contributed by atoms with E-state index in [-0.39, 0.29) is 24.9 Å². The molecule has 1 fully saturated rings. The normalized spacial score (nSPS) is 19.9. The van der Waals surface area contributed by atoms with E-state index in [1.165, 1.54) is 24.3 Å². The first-order chi connectivity index (χ1) is 11.9. The van der Waals surface area contributed by atoms with E-state index >= 15 is 0 Å². The first-order valence-corrected chi connectivity index (χ1v) is 8.48. The van der Waals surface area contributed by atoms with Crippen molar-refractivity contribution in [2.45, 2.75) is 12.5 Å². The molecule has 0 aliphatic carbocycles. The first-order valence-electron chi connectivity index (χ1n) is 7.69. The number of rotatable bonds is 5. The number of imide groups is 1. The van der Waals surface area contributed by atoms with Crippen LogP contribution in [-0.2, 0) is 10.3 Å². The average molecular weight is 407 g/mol.